The summed E-state index contributed by atoms with van der Waals surface area (Å²) in [6.45, 7) is 6.02. The summed E-state index contributed by atoms with van der Waals surface area (Å²) in [7, 11) is 8.98. The van der Waals surface area contributed by atoms with Crippen molar-refractivity contribution in [1.82, 2.24) is 0 Å². The number of esters is 2. The highest BCUT2D eigenvalue weighted by Crippen LogP contribution is 2.40. The lowest BCUT2D eigenvalue weighted by Crippen LogP contribution is -2.24. The van der Waals surface area contributed by atoms with Crippen LogP contribution in [-0.2, 0) is 14.2 Å². The van der Waals surface area contributed by atoms with Crippen LogP contribution in [0.4, 0.5) is 0 Å². The van der Waals surface area contributed by atoms with E-state index in [-0.39, 0.29) is 17.7 Å². The van der Waals surface area contributed by atoms with Gasteiger partial charge in [0.05, 0.1) is 53.3 Å². The zero-order valence-electron chi connectivity index (χ0n) is 25.4. The predicted molar refractivity (Wildman–Crippen MR) is 151 cm³/mol. The molecule has 0 amide bonds. The molecule has 0 fully saturated rings. The SMILES string of the molecule is COCCC(CCCOc1cc(C(=O)OC(C)(C)C)cc(OC)c1OC)OC(=O)c1cc(OC)c(OC)c(OC)c1. The molecule has 11 nitrogen and oxygen atoms in total. The molecule has 1 unspecified atom stereocenters. The lowest BCUT2D eigenvalue weighted by molar-refractivity contribution is 0.00680. The molecular weight excluding hydrogens is 536 g/mol. The monoisotopic (exact) mass is 578 g/mol. The summed E-state index contributed by atoms with van der Waals surface area (Å²) in [5.74, 6) is 1.03. The third kappa shape index (κ3) is 9.63. The molecule has 0 radical (unpaired) electrons. The van der Waals surface area contributed by atoms with Gasteiger partial charge in [-0.1, -0.05) is 0 Å². The van der Waals surface area contributed by atoms with Crippen molar-refractivity contribution in [1.29, 1.82) is 0 Å². The van der Waals surface area contributed by atoms with Gasteiger partial charge in [0, 0.05) is 20.1 Å². The van der Waals surface area contributed by atoms with E-state index in [1.807, 2.05) is 0 Å². The Morgan fingerprint density at radius 3 is 1.61 bits per heavy atom. The minimum absolute atomic E-state index is 0.252. The van der Waals surface area contributed by atoms with Crippen LogP contribution in [0.2, 0.25) is 0 Å². The Balaban J connectivity index is 2.14. The van der Waals surface area contributed by atoms with Crippen LogP contribution >= 0.6 is 0 Å². The zero-order valence-corrected chi connectivity index (χ0v) is 25.4. The maximum absolute atomic E-state index is 13.0. The summed E-state index contributed by atoms with van der Waals surface area (Å²) in [5, 5.41) is 0. The minimum Gasteiger partial charge on any atom is -0.493 e. The zero-order chi connectivity index (χ0) is 30.6. The predicted octanol–water partition coefficient (Wildman–Crippen LogP) is 5.11. The minimum atomic E-state index is -0.665. The molecule has 2 aromatic carbocycles. The normalized spacial score (nSPS) is 11.7. The second-order valence-electron chi connectivity index (χ2n) is 9.93. The second-order valence-corrected chi connectivity index (χ2v) is 9.93. The molecule has 0 heterocycles. The fraction of sp³-hybridized carbons (Fsp3) is 0.533. The highest BCUT2D eigenvalue weighted by atomic mass is 16.6. The highest BCUT2D eigenvalue weighted by Gasteiger charge is 2.24. The van der Waals surface area contributed by atoms with E-state index < -0.39 is 23.6 Å². The van der Waals surface area contributed by atoms with Crippen LogP contribution in [0.5, 0.6) is 34.5 Å². The summed E-state index contributed by atoms with van der Waals surface area (Å²) < 4.78 is 49.4. The number of carbonyl (C=O) groups excluding carboxylic acids is 2. The first-order chi connectivity index (χ1) is 19.5. The first kappa shape index (κ1) is 33.3. The van der Waals surface area contributed by atoms with E-state index in [0.717, 1.165) is 0 Å². The molecule has 0 aromatic heterocycles. The highest BCUT2D eigenvalue weighted by molar-refractivity contribution is 5.92. The number of rotatable bonds is 16. The average molecular weight is 579 g/mol. The Bertz CT molecular complexity index is 1130. The summed E-state index contributed by atoms with van der Waals surface area (Å²) in [4.78, 5) is 25.7. The lowest BCUT2D eigenvalue weighted by atomic mass is 10.1. The summed E-state index contributed by atoms with van der Waals surface area (Å²) >= 11 is 0. The van der Waals surface area contributed by atoms with Gasteiger partial charge in [0.25, 0.3) is 0 Å². The molecule has 2 aromatic rings. The Morgan fingerprint density at radius 1 is 0.659 bits per heavy atom. The summed E-state index contributed by atoms with van der Waals surface area (Å²) in [6.07, 6.45) is 1.05. The van der Waals surface area contributed by atoms with Crippen molar-refractivity contribution in [2.75, 3.05) is 55.9 Å². The van der Waals surface area contributed by atoms with E-state index in [0.29, 0.717) is 60.4 Å². The van der Waals surface area contributed by atoms with Gasteiger partial charge in [0.2, 0.25) is 11.5 Å². The van der Waals surface area contributed by atoms with E-state index in [9.17, 15) is 9.59 Å². The Labute approximate surface area is 241 Å². The third-order valence-corrected chi connectivity index (χ3v) is 5.83. The molecule has 228 valence electrons. The molecule has 0 aliphatic carbocycles. The molecular formula is C30H42O11. The Morgan fingerprint density at radius 2 is 1.15 bits per heavy atom. The average Bonchev–Trinajstić information content (AvgIpc) is 2.95. The van der Waals surface area contributed by atoms with E-state index in [1.165, 1.54) is 47.7 Å². The van der Waals surface area contributed by atoms with Crippen LogP contribution in [0, 0.1) is 0 Å². The van der Waals surface area contributed by atoms with Gasteiger partial charge in [0.15, 0.2) is 23.0 Å². The Kier molecular flexibility index (Phi) is 12.9. The molecule has 41 heavy (non-hydrogen) atoms. The van der Waals surface area contributed by atoms with Gasteiger partial charge in [-0.05, 0) is 57.9 Å². The van der Waals surface area contributed by atoms with Gasteiger partial charge in [-0.15, -0.1) is 0 Å². The largest absolute Gasteiger partial charge is 0.493 e. The number of methoxy groups -OCH3 is 6. The van der Waals surface area contributed by atoms with Crippen LogP contribution in [0.3, 0.4) is 0 Å². The second kappa shape index (κ2) is 15.8. The molecule has 0 saturated carbocycles. The van der Waals surface area contributed by atoms with Crippen molar-refractivity contribution in [3.05, 3.63) is 35.4 Å². The third-order valence-electron chi connectivity index (χ3n) is 5.83. The van der Waals surface area contributed by atoms with E-state index in [1.54, 1.807) is 40.0 Å². The molecule has 1 atom stereocenters. The Hall–Kier alpha value is -3.86. The molecule has 0 saturated heterocycles. The smallest absolute Gasteiger partial charge is 0.338 e. The number of hydrogen-bond donors (Lipinski definition) is 0. The van der Waals surface area contributed by atoms with Crippen LogP contribution in [0.25, 0.3) is 0 Å². The van der Waals surface area contributed by atoms with Gasteiger partial charge in [-0.3, -0.25) is 0 Å². The van der Waals surface area contributed by atoms with Crippen molar-refractivity contribution in [2.24, 2.45) is 0 Å². The van der Waals surface area contributed by atoms with Crippen LogP contribution in [-0.4, -0.2) is 79.5 Å². The molecule has 0 aliphatic heterocycles. The van der Waals surface area contributed by atoms with E-state index in [4.69, 9.17) is 42.6 Å². The lowest BCUT2D eigenvalue weighted by Gasteiger charge is -2.21. The fourth-order valence-electron chi connectivity index (χ4n) is 3.91. The molecule has 0 aliphatic rings. The first-order valence-electron chi connectivity index (χ1n) is 13.1. The standard InChI is InChI=1S/C30H42O11/c1-30(2,3)41-29(32)20-17-24(36-7)27(38-9)25(18-20)39-13-10-11-21(12-14-33-4)40-28(31)19-15-22(34-5)26(37-8)23(16-19)35-6/h15-18,21H,10-14H2,1-9H3. The number of ether oxygens (including phenoxy) is 9. The molecule has 2 rings (SSSR count). The van der Waals surface area contributed by atoms with Crippen molar-refractivity contribution in [3.8, 4) is 34.5 Å². The van der Waals surface area contributed by atoms with Gasteiger partial charge in [-0.2, -0.15) is 0 Å². The topological polar surface area (TPSA) is 117 Å². The fourth-order valence-corrected chi connectivity index (χ4v) is 3.91. The summed E-state index contributed by atoms with van der Waals surface area (Å²) in [6, 6.07) is 6.18. The van der Waals surface area contributed by atoms with Crippen molar-refractivity contribution in [2.45, 2.75) is 51.7 Å². The molecule has 0 bridgehead atoms. The van der Waals surface area contributed by atoms with Gasteiger partial charge in [-0.25, -0.2) is 9.59 Å². The van der Waals surface area contributed by atoms with Crippen LogP contribution < -0.4 is 28.4 Å². The van der Waals surface area contributed by atoms with Crippen LogP contribution in [0.15, 0.2) is 24.3 Å². The molecule has 11 heteroatoms. The quantitative estimate of drug-likeness (QED) is 0.195. The van der Waals surface area contributed by atoms with Crippen LogP contribution in [0.1, 0.15) is 60.7 Å². The van der Waals surface area contributed by atoms with E-state index >= 15 is 0 Å². The van der Waals surface area contributed by atoms with Crippen molar-refractivity contribution >= 4 is 11.9 Å². The number of carbonyl (C=O) groups is 2. The first-order valence-corrected chi connectivity index (χ1v) is 13.1. The molecule has 0 N–H and O–H groups in total. The van der Waals surface area contributed by atoms with Gasteiger partial charge < -0.3 is 42.6 Å². The maximum atomic E-state index is 13.0. The van der Waals surface area contributed by atoms with Crippen molar-refractivity contribution < 1.29 is 52.2 Å². The van der Waals surface area contributed by atoms with Crippen molar-refractivity contribution in [3.63, 3.8) is 0 Å². The number of benzene rings is 2. The summed E-state index contributed by atoms with van der Waals surface area (Å²) in [5.41, 5.74) is -0.138. The maximum Gasteiger partial charge on any atom is 0.338 e. The van der Waals surface area contributed by atoms with Gasteiger partial charge >= 0.3 is 11.9 Å². The van der Waals surface area contributed by atoms with E-state index in [2.05, 4.69) is 0 Å². The molecule has 0 spiro atoms. The number of hydrogen-bond acceptors (Lipinski definition) is 11. The van der Waals surface area contributed by atoms with Gasteiger partial charge in [0.1, 0.15) is 11.7 Å².